The summed E-state index contributed by atoms with van der Waals surface area (Å²) in [4.78, 5) is 0.824. The molecule has 0 N–H and O–H groups in total. The summed E-state index contributed by atoms with van der Waals surface area (Å²) in [5.74, 6) is 1.71. The van der Waals surface area contributed by atoms with Crippen LogP contribution in [0, 0.1) is 0 Å². The van der Waals surface area contributed by atoms with Crippen LogP contribution >= 0.6 is 11.3 Å². The van der Waals surface area contributed by atoms with E-state index < -0.39 is 0 Å². The first-order valence-electron chi connectivity index (χ1n) is 7.59. The number of ether oxygens (including phenoxy) is 3. The van der Waals surface area contributed by atoms with Crippen LogP contribution in [0.5, 0.6) is 17.2 Å². The van der Waals surface area contributed by atoms with E-state index in [1.54, 1.807) is 38.9 Å². The molecule has 0 saturated carbocycles. The van der Waals surface area contributed by atoms with E-state index in [0.717, 1.165) is 15.9 Å². The van der Waals surface area contributed by atoms with Gasteiger partial charge in [0.2, 0.25) is 10.6 Å². The maximum absolute atomic E-state index is 5.34. The van der Waals surface area contributed by atoms with Crippen LogP contribution in [-0.4, -0.2) is 32.1 Å². The van der Waals surface area contributed by atoms with Gasteiger partial charge in [0.25, 0.3) is 0 Å². The Morgan fingerprint density at radius 1 is 1.00 bits per heavy atom. The first kappa shape index (κ1) is 17.0. The summed E-state index contributed by atoms with van der Waals surface area (Å²) < 4.78 is 19.2. The van der Waals surface area contributed by atoms with Gasteiger partial charge in [-0.2, -0.15) is 5.10 Å². The molecular formula is C18H19N3O3S. The van der Waals surface area contributed by atoms with Gasteiger partial charge in [0.05, 0.1) is 37.8 Å². The smallest absolute Gasteiger partial charge is 0.211 e. The van der Waals surface area contributed by atoms with Crippen LogP contribution in [0.3, 0.4) is 0 Å². The van der Waals surface area contributed by atoms with Crippen LogP contribution in [0.4, 0.5) is 0 Å². The van der Waals surface area contributed by atoms with Crippen LogP contribution in [-0.2, 0) is 7.05 Å². The Hall–Kier alpha value is -2.80. The van der Waals surface area contributed by atoms with Crippen molar-refractivity contribution >= 4 is 27.8 Å². The Morgan fingerprint density at radius 3 is 2.28 bits per heavy atom. The molecule has 3 aromatic rings. The van der Waals surface area contributed by atoms with Crippen molar-refractivity contribution in [2.24, 2.45) is 17.3 Å². The van der Waals surface area contributed by atoms with Crippen molar-refractivity contribution in [3.63, 3.8) is 0 Å². The number of methoxy groups -OCH3 is 3. The third-order valence-corrected chi connectivity index (χ3v) is 4.86. The first-order valence-corrected chi connectivity index (χ1v) is 8.41. The zero-order valence-corrected chi connectivity index (χ0v) is 15.3. The number of hydrogen-bond acceptors (Lipinski definition) is 6. The number of hydrogen-bond donors (Lipinski definition) is 0. The number of para-hydroxylation sites is 1. The summed E-state index contributed by atoms with van der Waals surface area (Å²) in [6, 6.07) is 11.8. The average molecular weight is 357 g/mol. The molecule has 0 fully saturated rings. The average Bonchev–Trinajstić information content (AvgIpc) is 2.97. The number of thiazole rings is 1. The van der Waals surface area contributed by atoms with Crippen molar-refractivity contribution in [1.82, 2.24) is 4.57 Å². The molecule has 2 aromatic carbocycles. The number of rotatable bonds is 5. The van der Waals surface area contributed by atoms with Crippen molar-refractivity contribution in [1.29, 1.82) is 0 Å². The third kappa shape index (κ3) is 3.36. The predicted molar refractivity (Wildman–Crippen MR) is 100 cm³/mol. The van der Waals surface area contributed by atoms with E-state index in [1.807, 2.05) is 35.9 Å². The van der Waals surface area contributed by atoms with Gasteiger partial charge in [-0.1, -0.05) is 23.5 Å². The summed E-state index contributed by atoms with van der Waals surface area (Å²) in [6.45, 7) is 0. The summed E-state index contributed by atoms with van der Waals surface area (Å²) in [6.07, 6.45) is 1.66. The predicted octanol–water partition coefficient (Wildman–Crippen LogP) is 3.20. The lowest BCUT2D eigenvalue weighted by molar-refractivity contribution is 0.324. The summed E-state index contributed by atoms with van der Waals surface area (Å²) in [5.41, 5.74) is 1.94. The molecule has 0 bridgehead atoms. The Balaban J connectivity index is 1.97. The number of nitrogens with zero attached hydrogens (tertiary/aromatic N) is 3. The second-order valence-corrected chi connectivity index (χ2v) is 6.22. The van der Waals surface area contributed by atoms with Gasteiger partial charge in [-0.3, -0.25) is 0 Å². The van der Waals surface area contributed by atoms with Gasteiger partial charge in [-0.05, 0) is 24.3 Å². The molecule has 25 heavy (non-hydrogen) atoms. The van der Waals surface area contributed by atoms with Gasteiger partial charge in [0.1, 0.15) is 0 Å². The molecule has 0 aliphatic rings. The van der Waals surface area contributed by atoms with Crippen molar-refractivity contribution in [3.8, 4) is 17.2 Å². The number of fused-ring (bicyclic) bond motifs is 1. The number of aryl methyl sites for hydroxylation is 1. The first-order chi connectivity index (χ1) is 12.2. The largest absolute Gasteiger partial charge is 0.493 e. The Bertz CT molecular complexity index is 964. The highest BCUT2D eigenvalue weighted by Gasteiger charge is 2.12. The summed E-state index contributed by atoms with van der Waals surface area (Å²) >= 11 is 1.59. The molecule has 6 nitrogen and oxygen atoms in total. The molecule has 1 aromatic heterocycles. The SMILES string of the molecule is COc1cc(/C=N/N=c2\sc3ccccc3n2C)cc(OC)c1OC. The molecule has 0 aliphatic carbocycles. The van der Waals surface area contributed by atoms with Crippen LogP contribution in [0.15, 0.2) is 46.6 Å². The molecular weight excluding hydrogens is 338 g/mol. The Morgan fingerprint density at radius 2 is 1.68 bits per heavy atom. The van der Waals surface area contributed by atoms with Crippen molar-refractivity contribution in [3.05, 3.63) is 46.8 Å². The maximum atomic E-state index is 5.34. The second kappa shape index (κ2) is 7.40. The zero-order valence-electron chi connectivity index (χ0n) is 14.5. The highest BCUT2D eigenvalue weighted by molar-refractivity contribution is 7.16. The quantitative estimate of drug-likeness (QED) is 0.520. The molecule has 7 heteroatoms. The topological polar surface area (TPSA) is 57.3 Å². The van der Waals surface area contributed by atoms with Gasteiger partial charge in [0, 0.05) is 12.6 Å². The molecule has 1 heterocycles. The molecule has 0 amide bonds. The van der Waals surface area contributed by atoms with E-state index in [4.69, 9.17) is 14.2 Å². The lowest BCUT2D eigenvalue weighted by atomic mass is 10.2. The van der Waals surface area contributed by atoms with Crippen molar-refractivity contribution in [2.75, 3.05) is 21.3 Å². The maximum Gasteiger partial charge on any atom is 0.211 e. The third-order valence-electron chi connectivity index (χ3n) is 3.75. The molecule has 0 atom stereocenters. The van der Waals surface area contributed by atoms with E-state index >= 15 is 0 Å². The van der Waals surface area contributed by atoms with Gasteiger partial charge in [-0.15, -0.1) is 5.10 Å². The Kier molecular flexibility index (Phi) is 5.04. The standard InChI is InChI=1S/C18H19N3O3S/c1-21-13-7-5-6-8-16(13)25-18(21)20-19-11-12-9-14(22-2)17(24-4)15(10-12)23-3/h5-11H,1-4H3/b19-11+,20-18-. The molecule has 0 saturated heterocycles. The number of aromatic nitrogens is 1. The second-order valence-electron chi connectivity index (χ2n) is 5.21. The minimum Gasteiger partial charge on any atom is -0.493 e. The van der Waals surface area contributed by atoms with Crippen LogP contribution in [0.2, 0.25) is 0 Å². The fourth-order valence-electron chi connectivity index (χ4n) is 2.50. The van der Waals surface area contributed by atoms with E-state index in [0.29, 0.717) is 17.2 Å². The van der Waals surface area contributed by atoms with Crippen molar-refractivity contribution in [2.45, 2.75) is 0 Å². The van der Waals surface area contributed by atoms with Crippen LogP contribution in [0.1, 0.15) is 5.56 Å². The minimum absolute atomic E-state index is 0.551. The minimum atomic E-state index is 0.551. The van der Waals surface area contributed by atoms with Crippen LogP contribution < -0.4 is 19.0 Å². The van der Waals surface area contributed by atoms with E-state index in [9.17, 15) is 0 Å². The summed E-state index contributed by atoms with van der Waals surface area (Å²) in [5, 5.41) is 8.54. The molecule has 3 rings (SSSR count). The fraction of sp³-hybridized carbons (Fsp3) is 0.222. The highest BCUT2D eigenvalue weighted by atomic mass is 32.1. The highest BCUT2D eigenvalue weighted by Crippen LogP contribution is 2.37. The van der Waals surface area contributed by atoms with E-state index in [2.05, 4.69) is 22.3 Å². The van der Waals surface area contributed by atoms with Gasteiger partial charge in [-0.25, -0.2) is 0 Å². The molecule has 130 valence electrons. The monoisotopic (exact) mass is 357 g/mol. The fourth-order valence-corrected chi connectivity index (χ4v) is 3.47. The molecule has 0 spiro atoms. The lowest BCUT2D eigenvalue weighted by Crippen LogP contribution is -2.08. The van der Waals surface area contributed by atoms with Crippen LogP contribution in [0.25, 0.3) is 10.2 Å². The van der Waals surface area contributed by atoms with Gasteiger partial charge < -0.3 is 18.8 Å². The van der Waals surface area contributed by atoms with E-state index in [-0.39, 0.29) is 0 Å². The lowest BCUT2D eigenvalue weighted by Gasteiger charge is -2.12. The normalized spacial score (nSPS) is 12.1. The molecule has 0 unspecified atom stereocenters. The van der Waals surface area contributed by atoms with Crippen molar-refractivity contribution < 1.29 is 14.2 Å². The number of benzene rings is 2. The Labute approximate surface area is 149 Å². The molecule has 0 aliphatic heterocycles. The van der Waals surface area contributed by atoms with E-state index in [1.165, 1.54) is 4.70 Å². The van der Waals surface area contributed by atoms with Gasteiger partial charge in [0.15, 0.2) is 11.5 Å². The van der Waals surface area contributed by atoms with Gasteiger partial charge >= 0.3 is 0 Å². The summed E-state index contributed by atoms with van der Waals surface area (Å²) in [7, 11) is 6.72. The molecule has 0 radical (unpaired) electrons. The zero-order chi connectivity index (χ0) is 17.8.